The van der Waals surface area contributed by atoms with Gasteiger partial charge in [-0.3, -0.25) is 0 Å². The van der Waals surface area contributed by atoms with Gasteiger partial charge in [-0.1, -0.05) is 6.92 Å². The summed E-state index contributed by atoms with van der Waals surface area (Å²) in [5.74, 6) is 0.351. The fourth-order valence-electron chi connectivity index (χ4n) is 1.90. The summed E-state index contributed by atoms with van der Waals surface area (Å²) in [4.78, 5) is 0. The molecule has 0 amide bonds. The Morgan fingerprint density at radius 1 is 1.53 bits per heavy atom. The van der Waals surface area contributed by atoms with E-state index in [0.717, 1.165) is 25.6 Å². The van der Waals surface area contributed by atoms with Crippen molar-refractivity contribution in [2.45, 2.75) is 19.3 Å². The monoisotopic (exact) mass is 227 g/mol. The van der Waals surface area contributed by atoms with E-state index in [1.165, 1.54) is 11.1 Å². The quantitative estimate of drug-likeness (QED) is 0.446. The Bertz CT molecular complexity index is 314. The summed E-state index contributed by atoms with van der Waals surface area (Å²) in [5, 5.41) is 3.36. The van der Waals surface area contributed by atoms with Crippen LogP contribution in [0, 0.1) is 19.0 Å². The van der Waals surface area contributed by atoms with E-state index in [-0.39, 0.29) is 51.4 Å². The predicted octanol–water partition coefficient (Wildman–Crippen LogP) is -1.63. The van der Waals surface area contributed by atoms with Gasteiger partial charge in [0, 0.05) is 0 Å². The number of rotatable bonds is 1. The van der Waals surface area contributed by atoms with E-state index in [2.05, 4.69) is 36.5 Å². The number of benzene rings is 1. The zero-order valence-corrected chi connectivity index (χ0v) is 12.6. The third kappa shape index (κ3) is 3.63. The minimum Gasteiger partial charge on any atom is -0.480 e. The minimum absolute atomic E-state index is 0. The predicted molar refractivity (Wildman–Crippen MR) is 57.7 cm³/mol. The van der Waals surface area contributed by atoms with Crippen molar-refractivity contribution in [1.82, 2.24) is 5.32 Å². The Balaban J connectivity index is 0.00000112. The molecule has 1 atom stereocenters. The molecule has 0 radical (unpaired) electrons. The number of nitrogens with one attached hydrogen (secondary N) is 1. The van der Waals surface area contributed by atoms with Crippen LogP contribution in [-0.4, -0.2) is 13.1 Å². The van der Waals surface area contributed by atoms with Gasteiger partial charge in [-0.2, -0.15) is 41.8 Å². The summed E-state index contributed by atoms with van der Waals surface area (Å²) in [7, 11) is 0. The molecule has 0 bridgehead atoms. The van der Waals surface area contributed by atoms with Crippen LogP contribution in [0.1, 0.15) is 23.5 Å². The van der Waals surface area contributed by atoms with Crippen LogP contribution in [0.5, 0.6) is 0 Å². The van der Waals surface area contributed by atoms with Crippen LogP contribution in [0.15, 0.2) is 18.2 Å². The molecule has 2 rings (SSSR count). The van der Waals surface area contributed by atoms with Crippen molar-refractivity contribution in [1.29, 1.82) is 0 Å². The average Bonchev–Trinajstić information content (AvgIpc) is 2.18. The SMILES string of the molecule is Cc1[c-]c(C2CNCC[C-]2N)ccc1.[K+]. The summed E-state index contributed by atoms with van der Waals surface area (Å²) in [5.41, 5.74) is 8.42. The van der Waals surface area contributed by atoms with Crippen molar-refractivity contribution >= 4 is 0 Å². The number of hydrogen-bond donors (Lipinski definition) is 2. The molecule has 3 heteroatoms. The van der Waals surface area contributed by atoms with E-state index in [0.29, 0.717) is 5.92 Å². The number of nitrogens with two attached hydrogens (primary N) is 1. The van der Waals surface area contributed by atoms with Gasteiger partial charge in [-0.05, 0) is 13.1 Å². The maximum Gasteiger partial charge on any atom is 1.00 e. The van der Waals surface area contributed by atoms with Crippen LogP contribution in [0.3, 0.4) is 0 Å². The first-order valence-corrected chi connectivity index (χ1v) is 5.08. The summed E-state index contributed by atoms with van der Waals surface area (Å²) < 4.78 is 0. The zero-order chi connectivity index (χ0) is 9.97. The maximum atomic E-state index is 6.02. The van der Waals surface area contributed by atoms with Crippen LogP contribution >= 0.6 is 0 Å². The molecule has 0 aromatic heterocycles. The fraction of sp³-hybridized carbons (Fsp3) is 0.417. The molecule has 0 spiro atoms. The fourth-order valence-corrected chi connectivity index (χ4v) is 1.90. The second kappa shape index (κ2) is 6.50. The number of hydrogen-bond acceptors (Lipinski definition) is 2. The van der Waals surface area contributed by atoms with Crippen molar-refractivity contribution < 1.29 is 51.4 Å². The molecule has 1 aliphatic rings. The second-order valence-electron chi connectivity index (χ2n) is 3.87. The van der Waals surface area contributed by atoms with E-state index in [9.17, 15) is 0 Å². The zero-order valence-electron chi connectivity index (χ0n) is 9.51. The molecular weight excluding hydrogens is 211 g/mol. The van der Waals surface area contributed by atoms with Gasteiger partial charge in [0.15, 0.2) is 0 Å². The summed E-state index contributed by atoms with van der Waals surface area (Å²) in [6, 6.07) is 10.7. The molecule has 1 fully saturated rings. The molecule has 15 heavy (non-hydrogen) atoms. The van der Waals surface area contributed by atoms with Gasteiger partial charge in [0.2, 0.25) is 0 Å². The Labute approximate surface area is 134 Å². The van der Waals surface area contributed by atoms with Crippen LogP contribution in [-0.2, 0) is 0 Å². The van der Waals surface area contributed by atoms with Gasteiger partial charge in [-0.25, -0.2) is 6.04 Å². The van der Waals surface area contributed by atoms with Crippen LogP contribution < -0.4 is 62.4 Å². The topological polar surface area (TPSA) is 38.0 Å². The van der Waals surface area contributed by atoms with Crippen molar-refractivity contribution in [3.05, 3.63) is 41.4 Å². The molecule has 0 aliphatic carbocycles. The van der Waals surface area contributed by atoms with E-state index in [1.807, 2.05) is 0 Å². The van der Waals surface area contributed by atoms with Gasteiger partial charge in [-0.15, -0.1) is 5.92 Å². The largest absolute Gasteiger partial charge is 1.00 e. The molecule has 1 saturated heterocycles. The summed E-state index contributed by atoms with van der Waals surface area (Å²) >= 11 is 0. The first-order chi connectivity index (χ1) is 6.77. The standard InChI is InChI=1S/C12H16N2.K/c1-9-3-2-4-10(7-9)11-8-14-6-5-12(11)13;/h2-4,11,14H,5-6,8,13H2,1H3;/q-2;+1. The Morgan fingerprint density at radius 3 is 3.00 bits per heavy atom. The van der Waals surface area contributed by atoms with E-state index in [1.54, 1.807) is 0 Å². The molecule has 1 unspecified atom stereocenters. The number of piperidine rings is 1. The Morgan fingerprint density at radius 2 is 2.33 bits per heavy atom. The summed E-state index contributed by atoms with van der Waals surface area (Å²) in [6.07, 6.45) is 0.979. The van der Waals surface area contributed by atoms with E-state index in [4.69, 9.17) is 5.73 Å². The van der Waals surface area contributed by atoms with Crippen LogP contribution in [0.4, 0.5) is 0 Å². The van der Waals surface area contributed by atoms with Gasteiger partial charge in [0.25, 0.3) is 0 Å². The van der Waals surface area contributed by atoms with Crippen molar-refractivity contribution in [3.8, 4) is 0 Å². The molecule has 3 N–H and O–H groups in total. The Hall–Kier alpha value is 0.776. The molecule has 1 aromatic rings. The maximum absolute atomic E-state index is 6.02. The van der Waals surface area contributed by atoms with E-state index < -0.39 is 0 Å². The molecule has 76 valence electrons. The van der Waals surface area contributed by atoms with Gasteiger partial charge >= 0.3 is 51.4 Å². The van der Waals surface area contributed by atoms with Crippen molar-refractivity contribution in [2.75, 3.05) is 13.1 Å². The van der Waals surface area contributed by atoms with Crippen molar-refractivity contribution in [3.63, 3.8) is 0 Å². The molecule has 2 nitrogen and oxygen atoms in total. The van der Waals surface area contributed by atoms with Gasteiger partial charge in [0.05, 0.1) is 0 Å². The van der Waals surface area contributed by atoms with Gasteiger partial charge in [0.1, 0.15) is 0 Å². The smallest absolute Gasteiger partial charge is 0.480 e. The Kier molecular flexibility index (Phi) is 5.99. The first kappa shape index (κ1) is 13.8. The van der Waals surface area contributed by atoms with Crippen LogP contribution in [0.2, 0.25) is 0 Å². The third-order valence-corrected chi connectivity index (χ3v) is 2.73. The normalized spacial score (nSPS) is 22.1. The molecule has 1 heterocycles. The molecular formula is C12H16KN2-. The molecule has 1 aromatic carbocycles. The van der Waals surface area contributed by atoms with Gasteiger partial charge < -0.3 is 11.1 Å². The first-order valence-electron chi connectivity index (χ1n) is 5.08. The van der Waals surface area contributed by atoms with Crippen LogP contribution in [0.25, 0.3) is 0 Å². The molecule has 1 aliphatic heterocycles. The van der Waals surface area contributed by atoms with Crippen molar-refractivity contribution in [2.24, 2.45) is 5.73 Å². The second-order valence-corrected chi connectivity index (χ2v) is 3.87. The molecule has 0 saturated carbocycles. The number of aryl methyl sites for hydroxylation is 1. The van der Waals surface area contributed by atoms with E-state index >= 15 is 0 Å². The summed E-state index contributed by atoms with van der Waals surface area (Å²) in [6.45, 7) is 4.02. The minimum atomic E-state index is 0. The average molecular weight is 227 g/mol. The third-order valence-electron chi connectivity index (χ3n) is 2.73.